The molecule has 0 bridgehead atoms. The first kappa shape index (κ1) is 14.9. The number of aromatic carboxylic acids is 1. The first-order chi connectivity index (χ1) is 11.6. The Morgan fingerprint density at radius 3 is 2.79 bits per heavy atom. The average molecular weight is 322 g/mol. The number of hydrogen-bond acceptors (Lipinski definition) is 3. The standard InChI is InChI=1S/C19H18N2O3/c22-17(23)14-4-5-15-12-19(7-6-13(15)11-14)8-10-21(18(19)24)16-3-1-2-9-20-16/h1-5,9,11H,6-8,10,12H2,(H,22,23)/t19-/m1/s1. The molecule has 2 heterocycles. The van der Waals surface area contributed by atoms with E-state index >= 15 is 0 Å². The lowest BCUT2D eigenvalue weighted by Crippen LogP contribution is -2.39. The molecule has 1 saturated heterocycles. The van der Waals surface area contributed by atoms with Crippen molar-refractivity contribution in [2.75, 3.05) is 11.4 Å². The third-order valence-electron chi connectivity index (χ3n) is 5.29. The van der Waals surface area contributed by atoms with Gasteiger partial charge in [-0.25, -0.2) is 9.78 Å². The van der Waals surface area contributed by atoms with Crippen molar-refractivity contribution in [1.82, 2.24) is 4.98 Å². The minimum atomic E-state index is -0.906. The fourth-order valence-electron chi connectivity index (χ4n) is 3.94. The molecule has 0 radical (unpaired) electrons. The van der Waals surface area contributed by atoms with E-state index in [1.54, 1.807) is 23.2 Å². The van der Waals surface area contributed by atoms with Crippen LogP contribution in [-0.4, -0.2) is 28.5 Å². The van der Waals surface area contributed by atoms with Gasteiger partial charge in [0.1, 0.15) is 5.82 Å². The number of carbonyl (C=O) groups is 2. The maximum atomic E-state index is 13.1. The molecule has 5 heteroatoms. The Labute approximate surface area is 139 Å². The summed E-state index contributed by atoms with van der Waals surface area (Å²) in [6, 6.07) is 10.9. The van der Waals surface area contributed by atoms with Gasteiger partial charge in [0, 0.05) is 12.7 Å². The summed E-state index contributed by atoms with van der Waals surface area (Å²) >= 11 is 0. The number of carboxylic acid groups (broad SMARTS) is 1. The van der Waals surface area contributed by atoms with Crippen LogP contribution in [0.15, 0.2) is 42.6 Å². The molecule has 0 unspecified atom stereocenters. The first-order valence-corrected chi connectivity index (χ1v) is 8.17. The van der Waals surface area contributed by atoms with Crippen LogP contribution in [0.3, 0.4) is 0 Å². The van der Waals surface area contributed by atoms with Gasteiger partial charge in [-0.15, -0.1) is 0 Å². The molecule has 1 spiro atoms. The van der Waals surface area contributed by atoms with Gasteiger partial charge in [-0.1, -0.05) is 12.1 Å². The molecule has 2 aromatic rings. The van der Waals surface area contributed by atoms with E-state index in [2.05, 4.69) is 4.98 Å². The Balaban J connectivity index is 1.62. The molecule has 5 nitrogen and oxygen atoms in total. The molecule has 1 fully saturated rings. The number of hydrogen-bond donors (Lipinski definition) is 1. The number of benzene rings is 1. The predicted molar refractivity (Wildman–Crippen MR) is 89.1 cm³/mol. The van der Waals surface area contributed by atoms with Crippen LogP contribution in [0.2, 0.25) is 0 Å². The first-order valence-electron chi connectivity index (χ1n) is 8.17. The van der Waals surface area contributed by atoms with Crippen LogP contribution in [0.1, 0.15) is 34.3 Å². The molecule has 1 aliphatic carbocycles. The summed E-state index contributed by atoms with van der Waals surface area (Å²) in [5, 5.41) is 9.13. The number of aryl methyl sites for hydroxylation is 1. The number of pyridine rings is 1. The van der Waals surface area contributed by atoms with Crippen molar-refractivity contribution >= 4 is 17.7 Å². The fraction of sp³-hybridized carbons (Fsp3) is 0.316. The van der Waals surface area contributed by atoms with Gasteiger partial charge in [-0.2, -0.15) is 0 Å². The number of carboxylic acids is 1. The zero-order chi connectivity index (χ0) is 16.7. The minimum absolute atomic E-state index is 0.147. The lowest BCUT2D eigenvalue weighted by atomic mass is 9.70. The van der Waals surface area contributed by atoms with E-state index in [4.69, 9.17) is 5.11 Å². The normalized spacial score (nSPS) is 22.7. The molecule has 1 amide bonds. The van der Waals surface area contributed by atoms with Crippen LogP contribution >= 0.6 is 0 Å². The second-order valence-electron chi connectivity index (χ2n) is 6.64. The van der Waals surface area contributed by atoms with Gasteiger partial charge in [0.2, 0.25) is 5.91 Å². The SMILES string of the molecule is O=C(O)c1ccc2c(c1)CC[C@@]1(CCN(c3ccccn3)C1=O)C2. The van der Waals surface area contributed by atoms with E-state index in [0.29, 0.717) is 24.3 Å². The summed E-state index contributed by atoms with van der Waals surface area (Å²) in [5.74, 6) is -0.0445. The van der Waals surface area contributed by atoms with Gasteiger partial charge in [0.05, 0.1) is 11.0 Å². The number of carbonyl (C=O) groups excluding carboxylic acids is 1. The van der Waals surface area contributed by atoms with Crippen LogP contribution < -0.4 is 4.90 Å². The van der Waals surface area contributed by atoms with Gasteiger partial charge in [0.15, 0.2) is 0 Å². The minimum Gasteiger partial charge on any atom is -0.478 e. The largest absolute Gasteiger partial charge is 0.478 e. The number of anilines is 1. The van der Waals surface area contributed by atoms with E-state index in [9.17, 15) is 9.59 Å². The molecule has 24 heavy (non-hydrogen) atoms. The molecule has 2 aliphatic rings. The molecule has 1 N–H and O–H groups in total. The van der Waals surface area contributed by atoms with Crippen LogP contribution in [0.4, 0.5) is 5.82 Å². The molecule has 122 valence electrons. The second kappa shape index (κ2) is 5.44. The maximum absolute atomic E-state index is 13.1. The summed E-state index contributed by atoms with van der Waals surface area (Å²) in [6.45, 7) is 0.693. The summed E-state index contributed by atoms with van der Waals surface area (Å²) in [6.07, 6.45) is 4.73. The monoisotopic (exact) mass is 322 g/mol. The van der Waals surface area contributed by atoms with Crippen LogP contribution in [0.25, 0.3) is 0 Å². The Hall–Kier alpha value is -2.69. The molecular formula is C19H18N2O3. The van der Waals surface area contributed by atoms with E-state index in [0.717, 1.165) is 30.4 Å². The molecule has 1 aromatic carbocycles. The lowest BCUT2D eigenvalue weighted by Gasteiger charge is -2.33. The Kier molecular flexibility index (Phi) is 3.37. The van der Waals surface area contributed by atoms with Crippen molar-refractivity contribution < 1.29 is 14.7 Å². The van der Waals surface area contributed by atoms with Crippen LogP contribution in [0.5, 0.6) is 0 Å². The van der Waals surface area contributed by atoms with Gasteiger partial charge in [-0.05, 0) is 61.1 Å². The molecule has 1 atom stereocenters. The highest BCUT2D eigenvalue weighted by Gasteiger charge is 2.48. The fourth-order valence-corrected chi connectivity index (χ4v) is 3.94. The zero-order valence-corrected chi connectivity index (χ0v) is 13.2. The highest BCUT2D eigenvalue weighted by atomic mass is 16.4. The quantitative estimate of drug-likeness (QED) is 0.923. The second-order valence-corrected chi connectivity index (χ2v) is 6.64. The van der Waals surface area contributed by atoms with Crippen LogP contribution in [0, 0.1) is 5.41 Å². The molecule has 1 aliphatic heterocycles. The van der Waals surface area contributed by atoms with E-state index in [1.165, 1.54) is 0 Å². The third kappa shape index (κ3) is 2.28. The molecular weight excluding hydrogens is 304 g/mol. The highest BCUT2D eigenvalue weighted by Crippen LogP contribution is 2.44. The highest BCUT2D eigenvalue weighted by molar-refractivity contribution is 5.99. The van der Waals surface area contributed by atoms with Crippen molar-refractivity contribution in [3.63, 3.8) is 0 Å². The van der Waals surface area contributed by atoms with Crippen molar-refractivity contribution in [2.45, 2.75) is 25.7 Å². The van der Waals surface area contributed by atoms with Crippen molar-refractivity contribution in [3.8, 4) is 0 Å². The summed E-state index contributed by atoms with van der Waals surface area (Å²) in [7, 11) is 0. The number of rotatable bonds is 2. The van der Waals surface area contributed by atoms with Gasteiger partial charge < -0.3 is 5.11 Å². The maximum Gasteiger partial charge on any atom is 0.335 e. The Bertz CT molecular complexity index is 819. The van der Waals surface area contributed by atoms with Gasteiger partial charge >= 0.3 is 5.97 Å². The number of nitrogens with zero attached hydrogens (tertiary/aromatic N) is 2. The van der Waals surface area contributed by atoms with E-state index in [-0.39, 0.29) is 11.3 Å². The van der Waals surface area contributed by atoms with Crippen molar-refractivity contribution in [1.29, 1.82) is 0 Å². The zero-order valence-electron chi connectivity index (χ0n) is 13.2. The van der Waals surface area contributed by atoms with Gasteiger partial charge in [0.25, 0.3) is 0 Å². The topological polar surface area (TPSA) is 70.5 Å². The number of amides is 1. The predicted octanol–water partition coefficient (Wildman–Crippen LogP) is 2.69. The Morgan fingerprint density at radius 2 is 2.04 bits per heavy atom. The summed E-state index contributed by atoms with van der Waals surface area (Å²) in [4.78, 5) is 30.3. The van der Waals surface area contributed by atoms with E-state index in [1.807, 2.05) is 24.3 Å². The Morgan fingerprint density at radius 1 is 1.17 bits per heavy atom. The molecule has 0 saturated carbocycles. The lowest BCUT2D eigenvalue weighted by molar-refractivity contribution is -0.126. The summed E-state index contributed by atoms with van der Waals surface area (Å²) < 4.78 is 0. The average Bonchev–Trinajstić information content (AvgIpc) is 2.91. The smallest absolute Gasteiger partial charge is 0.335 e. The van der Waals surface area contributed by atoms with E-state index < -0.39 is 5.97 Å². The molecule has 4 rings (SSSR count). The third-order valence-corrected chi connectivity index (χ3v) is 5.29. The summed E-state index contributed by atoms with van der Waals surface area (Å²) in [5.41, 5.74) is 2.11. The number of aromatic nitrogens is 1. The van der Waals surface area contributed by atoms with Crippen LogP contribution in [-0.2, 0) is 17.6 Å². The van der Waals surface area contributed by atoms with Gasteiger partial charge in [-0.3, -0.25) is 9.69 Å². The van der Waals surface area contributed by atoms with Crippen molar-refractivity contribution in [3.05, 3.63) is 59.3 Å². The number of fused-ring (bicyclic) bond motifs is 1. The molecule has 1 aromatic heterocycles. The van der Waals surface area contributed by atoms with Crippen molar-refractivity contribution in [2.24, 2.45) is 5.41 Å².